The highest BCUT2D eigenvalue weighted by Crippen LogP contribution is 2.01. The Bertz CT molecular complexity index is 330. The molecule has 0 aromatic heterocycles. The molecule has 1 rings (SSSR count). The Hall–Kier alpha value is -1.37. The van der Waals surface area contributed by atoms with Crippen molar-refractivity contribution in [1.82, 2.24) is 0 Å². The zero-order valence-electron chi connectivity index (χ0n) is 9.12. The summed E-state index contributed by atoms with van der Waals surface area (Å²) in [6.07, 6.45) is 2.10. The molecule has 0 amide bonds. The molecular weight excluding hydrogens is 170 g/mol. The largest absolute Gasteiger partial charge is 0.285 e. The lowest BCUT2D eigenvalue weighted by Crippen LogP contribution is -1.88. The van der Waals surface area contributed by atoms with Crippen LogP contribution >= 0.6 is 0 Å². The molecule has 0 saturated carbocycles. The summed E-state index contributed by atoms with van der Waals surface area (Å²) in [4.78, 5) is 4.47. The third-order valence-electron chi connectivity index (χ3n) is 1.85. The molecule has 0 N–H and O–H groups in total. The van der Waals surface area contributed by atoms with Crippen LogP contribution in [-0.4, -0.2) is 5.71 Å². The summed E-state index contributed by atoms with van der Waals surface area (Å²) in [6.45, 7) is 6.98. The van der Waals surface area contributed by atoms with E-state index in [1.54, 1.807) is 0 Å². The topological polar surface area (TPSA) is 12.4 Å². The minimum absolute atomic E-state index is 0.774. The molecule has 0 aliphatic rings. The highest BCUT2D eigenvalue weighted by Gasteiger charge is 1.89. The summed E-state index contributed by atoms with van der Waals surface area (Å²) in [7, 11) is 0. The van der Waals surface area contributed by atoms with Crippen molar-refractivity contribution < 1.29 is 0 Å². The molecule has 14 heavy (non-hydrogen) atoms. The summed E-state index contributed by atoms with van der Waals surface area (Å²) < 4.78 is 0. The van der Waals surface area contributed by atoms with Crippen molar-refractivity contribution in [2.24, 2.45) is 4.99 Å². The van der Waals surface area contributed by atoms with Gasteiger partial charge in [0, 0.05) is 5.71 Å². The van der Waals surface area contributed by atoms with E-state index in [-0.39, 0.29) is 0 Å². The van der Waals surface area contributed by atoms with Gasteiger partial charge < -0.3 is 0 Å². The number of aliphatic imine (C=N–C) groups is 1. The van der Waals surface area contributed by atoms with Crippen LogP contribution in [0.25, 0.3) is 0 Å². The van der Waals surface area contributed by atoms with E-state index in [2.05, 4.69) is 37.0 Å². The molecule has 0 bridgehead atoms. The summed E-state index contributed by atoms with van der Waals surface area (Å²) in [6, 6.07) is 10.3. The summed E-state index contributed by atoms with van der Waals surface area (Å²) in [5.41, 5.74) is 3.64. The van der Waals surface area contributed by atoms with Crippen LogP contribution in [0, 0.1) is 0 Å². The summed E-state index contributed by atoms with van der Waals surface area (Å²) >= 11 is 0. The maximum atomic E-state index is 4.47. The van der Waals surface area contributed by atoms with E-state index in [1.807, 2.05) is 25.1 Å². The predicted molar refractivity (Wildman–Crippen MR) is 62.7 cm³/mol. The summed E-state index contributed by atoms with van der Waals surface area (Å²) in [5.74, 6) is 0. The van der Waals surface area contributed by atoms with Crippen LogP contribution < -0.4 is 0 Å². The maximum absolute atomic E-state index is 4.47. The molecule has 0 heterocycles. The molecule has 0 radical (unpaired) electrons. The number of hydrogen-bond donors (Lipinski definition) is 0. The fourth-order valence-electron chi connectivity index (χ4n) is 1.26. The average molecular weight is 187 g/mol. The van der Waals surface area contributed by atoms with Gasteiger partial charge in [-0.1, -0.05) is 35.9 Å². The van der Waals surface area contributed by atoms with Crippen LogP contribution in [0.4, 0.5) is 0 Å². The van der Waals surface area contributed by atoms with Gasteiger partial charge in [0.1, 0.15) is 0 Å². The highest BCUT2D eigenvalue weighted by molar-refractivity contribution is 5.93. The number of nitrogens with zero attached hydrogens (tertiary/aromatic N) is 1. The normalized spacial score (nSPS) is 11.2. The molecule has 0 aliphatic carbocycles. The lowest BCUT2D eigenvalue weighted by Gasteiger charge is -1.97. The van der Waals surface area contributed by atoms with Crippen LogP contribution in [-0.2, 0) is 6.54 Å². The van der Waals surface area contributed by atoms with Gasteiger partial charge in [-0.3, -0.25) is 4.99 Å². The second-order valence-corrected chi connectivity index (χ2v) is 3.66. The van der Waals surface area contributed by atoms with E-state index in [0.29, 0.717) is 0 Å². The van der Waals surface area contributed by atoms with Gasteiger partial charge >= 0.3 is 0 Å². The molecule has 1 aromatic carbocycles. The smallest absolute Gasteiger partial charge is 0.0642 e. The quantitative estimate of drug-likeness (QED) is 0.641. The van der Waals surface area contributed by atoms with Gasteiger partial charge in [-0.05, 0) is 32.4 Å². The third-order valence-corrected chi connectivity index (χ3v) is 1.85. The zero-order chi connectivity index (χ0) is 10.4. The van der Waals surface area contributed by atoms with Crippen molar-refractivity contribution in [3.63, 3.8) is 0 Å². The summed E-state index contributed by atoms with van der Waals surface area (Å²) in [5, 5.41) is 0. The molecule has 1 aromatic rings. The van der Waals surface area contributed by atoms with Gasteiger partial charge in [-0.25, -0.2) is 0 Å². The second-order valence-electron chi connectivity index (χ2n) is 3.66. The minimum Gasteiger partial charge on any atom is -0.285 e. The Balaban J connectivity index is 2.60. The third kappa shape index (κ3) is 4.04. The van der Waals surface area contributed by atoms with E-state index in [0.717, 1.165) is 12.3 Å². The van der Waals surface area contributed by atoms with Gasteiger partial charge in [0.15, 0.2) is 0 Å². The zero-order valence-corrected chi connectivity index (χ0v) is 9.12. The van der Waals surface area contributed by atoms with Crippen LogP contribution in [0.1, 0.15) is 26.3 Å². The minimum atomic E-state index is 0.774. The van der Waals surface area contributed by atoms with Gasteiger partial charge in [0.05, 0.1) is 6.54 Å². The number of rotatable bonds is 3. The van der Waals surface area contributed by atoms with Crippen LogP contribution in [0.3, 0.4) is 0 Å². The molecule has 0 spiro atoms. The van der Waals surface area contributed by atoms with Crippen molar-refractivity contribution in [3.05, 3.63) is 47.5 Å². The van der Waals surface area contributed by atoms with Gasteiger partial charge in [0.2, 0.25) is 0 Å². The maximum Gasteiger partial charge on any atom is 0.0642 e. The molecule has 1 heteroatoms. The first-order valence-corrected chi connectivity index (χ1v) is 4.88. The molecule has 0 atom stereocenters. The Morgan fingerprint density at radius 3 is 2.36 bits per heavy atom. The van der Waals surface area contributed by atoms with Crippen LogP contribution in [0.5, 0.6) is 0 Å². The fraction of sp³-hybridized carbons (Fsp3) is 0.308. The number of hydrogen-bond acceptors (Lipinski definition) is 1. The Labute approximate surface area is 86.2 Å². The first kappa shape index (κ1) is 10.7. The van der Waals surface area contributed by atoms with Crippen LogP contribution in [0.2, 0.25) is 0 Å². The van der Waals surface area contributed by atoms with Crippen molar-refractivity contribution >= 4 is 5.71 Å². The van der Waals surface area contributed by atoms with E-state index in [4.69, 9.17) is 0 Å². The lowest BCUT2D eigenvalue weighted by molar-refractivity contribution is 1.07. The predicted octanol–water partition coefficient (Wildman–Crippen LogP) is 3.61. The Kier molecular flexibility index (Phi) is 4.11. The lowest BCUT2D eigenvalue weighted by atomic mass is 10.2. The number of benzene rings is 1. The van der Waals surface area contributed by atoms with Crippen molar-refractivity contribution in [2.45, 2.75) is 27.3 Å². The standard InChI is InChI=1S/C13H17N/c1-11(2)9-12(3)14-10-13-7-5-4-6-8-13/h4-9H,10H2,1-3H3. The molecule has 1 nitrogen and oxygen atoms in total. The van der Waals surface area contributed by atoms with E-state index >= 15 is 0 Å². The highest BCUT2D eigenvalue weighted by atomic mass is 14.7. The molecule has 74 valence electrons. The monoisotopic (exact) mass is 187 g/mol. The van der Waals surface area contributed by atoms with E-state index < -0.39 is 0 Å². The molecule has 0 fully saturated rings. The van der Waals surface area contributed by atoms with Gasteiger partial charge in [-0.2, -0.15) is 0 Å². The first-order chi connectivity index (χ1) is 6.68. The molecular formula is C13H17N. The Morgan fingerprint density at radius 2 is 1.79 bits per heavy atom. The number of allylic oxidation sites excluding steroid dienone is 2. The van der Waals surface area contributed by atoms with Crippen molar-refractivity contribution in [2.75, 3.05) is 0 Å². The first-order valence-electron chi connectivity index (χ1n) is 4.88. The molecule has 0 unspecified atom stereocenters. The van der Waals surface area contributed by atoms with Gasteiger partial charge in [-0.15, -0.1) is 0 Å². The van der Waals surface area contributed by atoms with E-state index in [9.17, 15) is 0 Å². The van der Waals surface area contributed by atoms with E-state index in [1.165, 1.54) is 11.1 Å². The van der Waals surface area contributed by atoms with Gasteiger partial charge in [0.25, 0.3) is 0 Å². The van der Waals surface area contributed by atoms with Crippen molar-refractivity contribution in [1.29, 1.82) is 0 Å². The SMILES string of the molecule is CC(C)=CC(C)=NCc1ccccc1. The van der Waals surface area contributed by atoms with Crippen molar-refractivity contribution in [3.8, 4) is 0 Å². The Morgan fingerprint density at radius 1 is 1.14 bits per heavy atom. The average Bonchev–Trinajstić information content (AvgIpc) is 2.15. The fourth-order valence-corrected chi connectivity index (χ4v) is 1.26. The molecule has 0 aliphatic heterocycles. The molecule has 0 saturated heterocycles. The second kappa shape index (κ2) is 5.38. The van der Waals surface area contributed by atoms with Crippen LogP contribution in [0.15, 0.2) is 47.0 Å².